The molecule has 0 aliphatic rings. The summed E-state index contributed by atoms with van der Waals surface area (Å²) in [7, 11) is 0. The van der Waals surface area contributed by atoms with Gasteiger partial charge in [0.2, 0.25) is 0 Å². The van der Waals surface area contributed by atoms with Crippen LogP contribution >= 0.6 is 11.3 Å². The molecule has 2 heterocycles. The van der Waals surface area contributed by atoms with Crippen LogP contribution in [0.15, 0.2) is 48.5 Å². The number of benzene rings is 1. The van der Waals surface area contributed by atoms with Crippen LogP contribution in [0.5, 0.6) is 0 Å². The summed E-state index contributed by atoms with van der Waals surface area (Å²) in [6.07, 6.45) is 4.19. The average molecular weight is 251 g/mol. The molecule has 0 aliphatic carbocycles. The minimum atomic E-state index is 1.000. The first-order valence-corrected chi connectivity index (χ1v) is 6.73. The van der Waals surface area contributed by atoms with Crippen LogP contribution in [0.3, 0.4) is 0 Å². The smallest absolute Gasteiger partial charge is 0.0709 e. The maximum absolute atomic E-state index is 4.61. The number of aryl methyl sites for hydroxylation is 1. The minimum Gasteiger partial charge on any atom is -0.248 e. The molecule has 0 aliphatic heterocycles. The number of para-hydroxylation sites is 1. The number of pyridine rings is 1. The second-order valence-electron chi connectivity index (χ2n) is 4.21. The summed E-state index contributed by atoms with van der Waals surface area (Å²) < 4.78 is 0. The highest BCUT2D eigenvalue weighted by molar-refractivity contribution is 7.12. The number of fused-ring (bicyclic) bond motifs is 1. The van der Waals surface area contributed by atoms with Crippen molar-refractivity contribution < 1.29 is 0 Å². The Hall–Kier alpha value is -1.93. The highest BCUT2D eigenvalue weighted by atomic mass is 32.1. The van der Waals surface area contributed by atoms with E-state index >= 15 is 0 Å². The fourth-order valence-corrected chi connectivity index (χ4v) is 2.67. The van der Waals surface area contributed by atoms with E-state index in [1.807, 2.05) is 18.2 Å². The zero-order chi connectivity index (χ0) is 12.4. The second-order valence-corrected chi connectivity index (χ2v) is 5.53. The van der Waals surface area contributed by atoms with Crippen LogP contribution < -0.4 is 0 Å². The summed E-state index contributed by atoms with van der Waals surface area (Å²) in [6, 6.07) is 16.6. The lowest BCUT2D eigenvalue weighted by molar-refractivity contribution is 1.37. The van der Waals surface area contributed by atoms with Gasteiger partial charge in [0.1, 0.15) is 0 Å². The lowest BCUT2D eigenvalue weighted by atomic mass is 10.2. The Balaban J connectivity index is 1.93. The van der Waals surface area contributed by atoms with E-state index in [9.17, 15) is 0 Å². The quantitative estimate of drug-likeness (QED) is 0.639. The monoisotopic (exact) mass is 251 g/mol. The molecule has 0 unspecified atom stereocenters. The molecule has 3 rings (SSSR count). The number of nitrogens with zero attached hydrogens (tertiary/aromatic N) is 1. The summed E-state index contributed by atoms with van der Waals surface area (Å²) in [6.45, 7) is 2.12. The van der Waals surface area contributed by atoms with Gasteiger partial charge in [-0.3, -0.25) is 0 Å². The van der Waals surface area contributed by atoms with E-state index in [0.29, 0.717) is 0 Å². The van der Waals surface area contributed by atoms with Crippen LogP contribution in [0.2, 0.25) is 0 Å². The first-order chi connectivity index (χ1) is 8.81. The first kappa shape index (κ1) is 11.2. The summed E-state index contributed by atoms with van der Waals surface area (Å²) in [5, 5.41) is 1.18. The van der Waals surface area contributed by atoms with Gasteiger partial charge in [0.15, 0.2) is 0 Å². The first-order valence-electron chi connectivity index (χ1n) is 5.91. The van der Waals surface area contributed by atoms with Gasteiger partial charge >= 0.3 is 0 Å². The maximum Gasteiger partial charge on any atom is 0.0709 e. The SMILES string of the molecule is Cc1ccc(C=Cc2ccc3ccccc3n2)s1. The fourth-order valence-electron chi connectivity index (χ4n) is 1.89. The third-order valence-corrected chi connectivity index (χ3v) is 3.77. The molecule has 1 nitrogen and oxygen atoms in total. The molecule has 0 spiro atoms. The number of aromatic nitrogens is 1. The highest BCUT2D eigenvalue weighted by Crippen LogP contribution is 2.18. The van der Waals surface area contributed by atoms with Crippen molar-refractivity contribution in [2.75, 3.05) is 0 Å². The molecule has 2 aromatic heterocycles. The molecule has 0 N–H and O–H groups in total. The Kier molecular flexibility index (Phi) is 2.95. The van der Waals surface area contributed by atoms with Gasteiger partial charge in [0.25, 0.3) is 0 Å². The van der Waals surface area contributed by atoms with Crippen LogP contribution in [0.1, 0.15) is 15.4 Å². The lowest BCUT2D eigenvalue weighted by Gasteiger charge is -1.97. The van der Waals surface area contributed by atoms with Gasteiger partial charge in [-0.25, -0.2) is 4.98 Å². The molecule has 0 saturated heterocycles. The van der Waals surface area contributed by atoms with Crippen LogP contribution in [0.4, 0.5) is 0 Å². The topological polar surface area (TPSA) is 12.9 Å². The van der Waals surface area contributed by atoms with Crippen molar-refractivity contribution in [2.24, 2.45) is 0 Å². The standard InChI is InChI=1S/C16H13NS/c1-12-6-10-15(18-12)11-9-14-8-7-13-4-2-3-5-16(13)17-14/h2-11H,1H3. The Labute approximate surface area is 110 Å². The number of rotatable bonds is 2. The Morgan fingerprint density at radius 2 is 1.83 bits per heavy atom. The molecule has 1 aromatic carbocycles. The van der Waals surface area contributed by atoms with Gasteiger partial charge in [0, 0.05) is 15.1 Å². The summed E-state index contributed by atoms with van der Waals surface area (Å²) in [5.41, 5.74) is 2.04. The second kappa shape index (κ2) is 4.75. The van der Waals surface area contributed by atoms with E-state index in [0.717, 1.165) is 11.2 Å². The van der Waals surface area contributed by atoms with Crippen LogP contribution in [0, 0.1) is 6.92 Å². The molecule has 18 heavy (non-hydrogen) atoms. The van der Waals surface area contributed by atoms with Gasteiger partial charge in [-0.05, 0) is 43.3 Å². The molecule has 0 bridgehead atoms. The van der Waals surface area contributed by atoms with Crippen molar-refractivity contribution in [1.82, 2.24) is 4.98 Å². The number of hydrogen-bond donors (Lipinski definition) is 0. The summed E-state index contributed by atoms with van der Waals surface area (Å²) >= 11 is 1.80. The summed E-state index contributed by atoms with van der Waals surface area (Å²) in [4.78, 5) is 7.22. The molecule has 3 aromatic rings. The van der Waals surface area contributed by atoms with Crippen molar-refractivity contribution in [3.63, 3.8) is 0 Å². The Morgan fingerprint density at radius 1 is 0.944 bits per heavy atom. The number of thiophene rings is 1. The van der Waals surface area contributed by atoms with Crippen molar-refractivity contribution in [3.05, 3.63) is 64.0 Å². The minimum absolute atomic E-state index is 1.000. The van der Waals surface area contributed by atoms with Crippen LogP contribution in [0.25, 0.3) is 23.1 Å². The molecule has 0 atom stereocenters. The van der Waals surface area contributed by atoms with E-state index in [1.165, 1.54) is 15.1 Å². The summed E-state index contributed by atoms with van der Waals surface area (Å²) in [5.74, 6) is 0. The highest BCUT2D eigenvalue weighted by Gasteiger charge is 1.95. The van der Waals surface area contributed by atoms with E-state index in [-0.39, 0.29) is 0 Å². The Bertz CT molecular complexity index is 710. The molecule has 0 saturated carbocycles. The van der Waals surface area contributed by atoms with E-state index in [2.05, 4.69) is 54.4 Å². The van der Waals surface area contributed by atoms with Gasteiger partial charge in [0.05, 0.1) is 11.2 Å². The number of hydrogen-bond acceptors (Lipinski definition) is 2. The third kappa shape index (κ3) is 2.34. The molecule has 0 fully saturated rings. The molecular weight excluding hydrogens is 238 g/mol. The van der Waals surface area contributed by atoms with Crippen molar-refractivity contribution in [2.45, 2.75) is 6.92 Å². The average Bonchev–Trinajstić information content (AvgIpc) is 2.82. The van der Waals surface area contributed by atoms with Crippen molar-refractivity contribution in [3.8, 4) is 0 Å². The van der Waals surface area contributed by atoms with Crippen molar-refractivity contribution in [1.29, 1.82) is 0 Å². The van der Waals surface area contributed by atoms with Gasteiger partial charge in [-0.1, -0.05) is 24.3 Å². The molecule has 88 valence electrons. The maximum atomic E-state index is 4.61. The molecule has 0 radical (unpaired) electrons. The van der Waals surface area contributed by atoms with Gasteiger partial charge in [-0.15, -0.1) is 11.3 Å². The Morgan fingerprint density at radius 3 is 2.67 bits per heavy atom. The predicted octanol–water partition coefficient (Wildman–Crippen LogP) is 4.78. The largest absolute Gasteiger partial charge is 0.248 e. The zero-order valence-corrected chi connectivity index (χ0v) is 10.9. The fraction of sp³-hybridized carbons (Fsp3) is 0.0625. The van der Waals surface area contributed by atoms with Crippen molar-refractivity contribution >= 4 is 34.4 Å². The van der Waals surface area contributed by atoms with E-state index in [4.69, 9.17) is 0 Å². The molecule has 2 heteroatoms. The zero-order valence-electron chi connectivity index (χ0n) is 10.1. The predicted molar refractivity (Wildman–Crippen MR) is 79.7 cm³/mol. The molecule has 0 amide bonds. The normalized spacial score (nSPS) is 11.4. The van der Waals surface area contributed by atoms with Gasteiger partial charge < -0.3 is 0 Å². The van der Waals surface area contributed by atoms with E-state index in [1.54, 1.807) is 11.3 Å². The lowest BCUT2D eigenvalue weighted by Crippen LogP contribution is -1.81. The third-order valence-electron chi connectivity index (χ3n) is 2.80. The van der Waals surface area contributed by atoms with E-state index < -0.39 is 0 Å². The van der Waals surface area contributed by atoms with Crippen LogP contribution in [-0.2, 0) is 0 Å². The van der Waals surface area contributed by atoms with Crippen LogP contribution in [-0.4, -0.2) is 4.98 Å². The molecular formula is C16H13NS. The van der Waals surface area contributed by atoms with Gasteiger partial charge in [-0.2, -0.15) is 0 Å².